The first kappa shape index (κ1) is 18.8. The number of pyridine rings is 1. The standard InChI is InChI=1S/C27H21N3O/c1-19-16-24(29-27(31)23-10-6-3-7-11-23)26-28-25(18-30(26)17-19)22-14-12-21(13-15-22)20-8-4-2-5-9-20/h2-18H,1H3,(H,29,31). The lowest BCUT2D eigenvalue weighted by Gasteiger charge is -2.08. The van der Waals surface area contributed by atoms with Gasteiger partial charge in [-0.1, -0.05) is 72.8 Å². The molecule has 4 heteroatoms. The van der Waals surface area contributed by atoms with Crippen molar-refractivity contribution in [2.75, 3.05) is 5.32 Å². The van der Waals surface area contributed by atoms with Crippen LogP contribution in [-0.2, 0) is 0 Å². The van der Waals surface area contributed by atoms with Crippen molar-refractivity contribution in [3.05, 3.63) is 115 Å². The SMILES string of the molecule is Cc1cc(NC(=O)c2ccccc2)c2nc(-c3ccc(-c4ccccc4)cc3)cn2c1. The molecule has 5 aromatic rings. The molecule has 0 aliphatic heterocycles. The molecule has 1 amide bonds. The van der Waals surface area contributed by atoms with Gasteiger partial charge < -0.3 is 9.72 Å². The largest absolute Gasteiger partial charge is 0.319 e. The van der Waals surface area contributed by atoms with Gasteiger partial charge >= 0.3 is 0 Å². The highest BCUT2D eigenvalue weighted by molar-refractivity contribution is 6.06. The summed E-state index contributed by atoms with van der Waals surface area (Å²) in [7, 11) is 0. The van der Waals surface area contributed by atoms with E-state index < -0.39 is 0 Å². The predicted molar refractivity (Wildman–Crippen MR) is 125 cm³/mol. The Hall–Kier alpha value is -4.18. The van der Waals surface area contributed by atoms with Gasteiger partial charge in [-0.15, -0.1) is 0 Å². The molecule has 150 valence electrons. The van der Waals surface area contributed by atoms with E-state index >= 15 is 0 Å². The van der Waals surface area contributed by atoms with Crippen LogP contribution in [0.5, 0.6) is 0 Å². The highest BCUT2D eigenvalue weighted by atomic mass is 16.1. The van der Waals surface area contributed by atoms with E-state index in [0.29, 0.717) is 11.3 Å². The minimum atomic E-state index is -0.148. The predicted octanol–water partition coefficient (Wildman–Crippen LogP) is 6.23. The average Bonchev–Trinajstić information content (AvgIpc) is 3.24. The molecule has 0 bridgehead atoms. The first-order chi connectivity index (χ1) is 15.2. The molecule has 0 fully saturated rings. The van der Waals surface area contributed by atoms with Gasteiger partial charge in [0.15, 0.2) is 5.65 Å². The number of anilines is 1. The number of aromatic nitrogens is 2. The zero-order valence-corrected chi connectivity index (χ0v) is 17.1. The Morgan fingerprint density at radius 1 is 0.774 bits per heavy atom. The van der Waals surface area contributed by atoms with Crippen molar-refractivity contribution in [3.8, 4) is 22.4 Å². The number of imidazole rings is 1. The molecule has 0 saturated carbocycles. The molecule has 5 rings (SSSR count). The molecule has 0 unspecified atom stereocenters. The van der Waals surface area contributed by atoms with E-state index in [4.69, 9.17) is 4.98 Å². The van der Waals surface area contributed by atoms with Crippen LogP contribution >= 0.6 is 0 Å². The number of hydrogen-bond acceptors (Lipinski definition) is 2. The summed E-state index contributed by atoms with van der Waals surface area (Å²) >= 11 is 0. The number of carbonyl (C=O) groups is 1. The Kier molecular flexibility index (Phi) is 4.81. The number of amides is 1. The quantitative estimate of drug-likeness (QED) is 0.387. The fourth-order valence-corrected chi connectivity index (χ4v) is 3.72. The molecule has 2 heterocycles. The Bertz CT molecular complexity index is 1350. The molecule has 1 N–H and O–H groups in total. The van der Waals surface area contributed by atoms with Crippen LogP contribution in [0.2, 0.25) is 0 Å². The van der Waals surface area contributed by atoms with Gasteiger partial charge in [0.25, 0.3) is 5.91 Å². The van der Waals surface area contributed by atoms with Crippen LogP contribution in [0.1, 0.15) is 15.9 Å². The Morgan fingerprint density at radius 3 is 2.10 bits per heavy atom. The number of nitrogens with one attached hydrogen (secondary N) is 1. The van der Waals surface area contributed by atoms with Crippen molar-refractivity contribution in [2.45, 2.75) is 6.92 Å². The smallest absolute Gasteiger partial charge is 0.255 e. The molecule has 0 aliphatic carbocycles. The number of benzene rings is 3. The van der Waals surface area contributed by atoms with Crippen molar-refractivity contribution in [1.82, 2.24) is 9.38 Å². The van der Waals surface area contributed by atoms with E-state index in [-0.39, 0.29) is 5.91 Å². The molecule has 31 heavy (non-hydrogen) atoms. The Labute approximate surface area is 180 Å². The summed E-state index contributed by atoms with van der Waals surface area (Å²) in [6, 6.07) is 29.8. The summed E-state index contributed by atoms with van der Waals surface area (Å²) in [5.41, 5.74) is 7.31. The molecule has 4 nitrogen and oxygen atoms in total. The number of aryl methyl sites for hydroxylation is 1. The molecule has 0 radical (unpaired) electrons. The van der Waals surface area contributed by atoms with Crippen molar-refractivity contribution >= 4 is 17.2 Å². The van der Waals surface area contributed by atoms with Crippen LogP contribution in [-0.4, -0.2) is 15.3 Å². The van der Waals surface area contributed by atoms with Crippen LogP contribution in [0, 0.1) is 6.92 Å². The highest BCUT2D eigenvalue weighted by Crippen LogP contribution is 2.27. The van der Waals surface area contributed by atoms with E-state index in [1.165, 1.54) is 11.1 Å². The topological polar surface area (TPSA) is 46.4 Å². The van der Waals surface area contributed by atoms with Gasteiger partial charge in [-0.05, 0) is 41.8 Å². The second-order valence-corrected chi connectivity index (χ2v) is 7.55. The lowest BCUT2D eigenvalue weighted by atomic mass is 10.0. The third-order valence-electron chi connectivity index (χ3n) is 5.26. The maximum atomic E-state index is 12.7. The van der Waals surface area contributed by atoms with E-state index in [2.05, 4.69) is 41.7 Å². The van der Waals surface area contributed by atoms with Crippen LogP contribution in [0.3, 0.4) is 0 Å². The summed E-state index contributed by atoms with van der Waals surface area (Å²) in [5.74, 6) is -0.148. The van der Waals surface area contributed by atoms with Gasteiger partial charge in [0.2, 0.25) is 0 Å². The summed E-state index contributed by atoms with van der Waals surface area (Å²) in [4.78, 5) is 17.5. The molecule has 0 aliphatic rings. The first-order valence-corrected chi connectivity index (χ1v) is 10.2. The van der Waals surface area contributed by atoms with Crippen LogP contribution in [0.25, 0.3) is 28.0 Å². The van der Waals surface area contributed by atoms with Crippen LogP contribution in [0.15, 0.2) is 103 Å². The molecule has 0 spiro atoms. The number of nitrogens with zero attached hydrogens (tertiary/aromatic N) is 2. The zero-order valence-electron chi connectivity index (χ0n) is 17.1. The van der Waals surface area contributed by atoms with Gasteiger partial charge in [-0.3, -0.25) is 4.79 Å². The van der Waals surface area contributed by atoms with Crippen LogP contribution < -0.4 is 5.32 Å². The normalized spacial score (nSPS) is 10.9. The Morgan fingerprint density at radius 2 is 1.39 bits per heavy atom. The number of rotatable bonds is 4. The van der Waals surface area contributed by atoms with Gasteiger partial charge in [0.05, 0.1) is 11.4 Å². The minimum Gasteiger partial charge on any atom is -0.319 e. The summed E-state index contributed by atoms with van der Waals surface area (Å²) in [6.45, 7) is 2.01. The molecular formula is C27H21N3O. The lowest BCUT2D eigenvalue weighted by Crippen LogP contribution is -2.12. The molecule has 3 aromatic carbocycles. The Balaban J connectivity index is 1.49. The average molecular weight is 403 g/mol. The van der Waals surface area contributed by atoms with E-state index in [1.54, 1.807) is 12.1 Å². The minimum absolute atomic E-state index is 0.148. The summed E-state index contributed by atoms with van der Waals surface area (Å²) in [5, 5.41) is 3.02. The monoisotopic (exact) mass is 403 g/mol. The third-order valence-corrected chi connectivity index (χ3v) is 5.26. The number of carbonyl (C=O) groups excluding carboxylic acids is 1. The first-order valence-electron chi connectivity index (χ1n) is 10.2. The van der Waals surface area contributed by atoms with Crippen molar-refractivity contribution in [2.24, 2.45) is 0 Å². The number of fused-ring (bicyclic) bond motifs is 1. The van der Waals surface area contributed by atoms with Gasteiger partial charge in [-0.25, -0.2) is 4.98 Å². The van der Waals surface area contributed by atoms with Gasteiger partial charge in [-0.2, -0.15) is 0 Å². The third kappa shape index (κ3) is 3.83. The summed E-state index contributed by atoms with van der Waals surface area (Å²) < 4.78 is 1.97. The van der Waals surface area contributed by atoms with E-state index in [0.717, 1.165) is 22.5 Å². The molecule has 0 saturated heterocycles. The maximum absolute atomic E-state index is 12.7. The van der Waals surface area contributed by atoms with Gasteiger partial charge in [0.1, 0.15) is 0 Å². The van der Waals surface area contributed by atoms with Crippen LogP contribution in [0.4, 0.5) is 5.69 Å². The lowest BCUT2D eigenvalue weighted by molar-refractivity contribution is 0.102. The van der Waals surface area contributed by atoms with E-state index in [9.17, 15) is 4.79 Å². The maximum Gasteiger partial charge on any atom is 0.255 e. The van der Waals surface area contributed by atoms with E-state index in [1.807, 2.05) is 66.2 Å². The fourth-order valence-electron chi connectivity index (χ4n) is 3.72. The number of hydrogen-bond donors (Lipinski definition) is 1. The second-order valence-electron chi connectivity index (χ2n) is 7.55. The molecule has 2 aromatic heterocycles. The van der Waals surface area contributed by atoms with Crippen molar-refractivity contribution < 1.29 is 4.79 Å². The molecular weight excluding hydrogens is 382 g/mol. The van der Waals surface area contributed by atoms with Gasteiger partial charge in [0, 0.05) is 23.5 Å². The summed E-state index contributed by atoms with van der Waals surface area (Å²) in [6.07, 6.45) is 4.01. The highest BCUT2D eigenvalue weighted by Gasteiger charge is 2.13. The fraction of sp³-hybridized carbons (Fsp3) is 0.0370. The van der Waals surface area contributed by atoms with Crippen molar-refractivity contribution in [3.63, 3.8) is 0 Å². The molecule has 0 atom stereocenters. The zero-order chi connectivity index (χ0) is 21.2. The van der Waals surface area contributed by atoms with Crippen molar-refractivity contribution in [1.29, 1.82) is 0 Å². The second kappa shape index (κ2) is 7.92.